The molecule has 2 aromatic rings. The Kier molecular flexibility index (Phi) is 5.87. The van der Waals surface area contributed by atoms with Crippen molar-refractivity contribution in [3.63, 3.8) is 0 Å². The predicted molar refractivity (Wildman–Crippen MR) is 106 cm³/mol. The van der Waals surface area contributed by atoms with Crippen LogP contribution in [0.4, 0.5) is 4.79 Å². The fourth-order valence-corrected chi connectivity index (χ4v) is 3.03. The van der Waals surface area contributed by atoms with Crippen LogP contribution in [0.1, 0.15) is 37.9 Å². The second-order valence-corrected chi connectivity index (χ2v) is 7.71. The summed E-state index contributed by atoms with van der Waals surface area (Å²) >= 11 is 0. The molecule has 2 amide bonds. The van der Waals surface area contributed by atoms with Crippen molar-refractivity contribution in [1.82, 2.24) is 10.2 Å². The summed E-state index contributed by atoms with van der Waals surface area (Å²) in [5.74, 6) is 0.418. The number of rotatable bonds is 4. The van der Waals surface area contributed by atoms with E-state index in [1.807, 2.05) is 69.3 Å². The predicted octanol–water partition coefficient (Wildman–Crippen LogP) is 3.67. The number of carbonyl (C=O) groups is 2. The van der Waals surface area contributed by atoms with E-state index in [0.717, 1.165) is 5.56 Å². The first-order chi connectivity index (χ1) is 13.3. The van der Waals surface area contributed by atoms with Gasteiger partial charge in [-0.3, -0.25) is 9.69 Å². The lowest BCUT2D eigenvalue weighted by molar-refractivity contribution is -0.129. The summed E-state index contributed by atoms with van der Waals surface area (Å²) in [7, 11) is 0. The molecule has 0 saturated carbocycles. The van der Waals surface area contributed by atoms with Gasteiger partial charge in [-0.1, -0.05) is 42.5 Å². The number of carbonyl (C=O) groups excluding carboxylic acids is 2. The maximum atomic E-state index is 12.6. The lowest BCUT2D eigenvalue weighted by Gasteiger charge is -2.36. The van der Waals surface area contributed by atoms with Gasteiger partial charge in [0.2, 0.25) is 5.91 Å². The third-order valence-corrected chi connectivity index (χ3v) is 4.26. The molecule has 1 aliphatic heterocycles. The lowest BCUT2D eigenvalue weighted by Crippen LogP contribution is -2.53. The summed E-state index contributed by atoms with van der Waals surface area (Å²) in [6, 6.07) is 16.4. The van der Waals surface area contributed by atoms with Crippen molar-refractivity contribution < 1.29 is 19.1 Å². The average Bonchev–Trinajstić information content (AvgIpc) is 2.66. The SMILES string of the molecule is CC(C)(C)OC(=O)N1CCNC(=O)C1c1cccc(OCc2ccccc2)c1. The minimum atomic E-state index is -0.746. The van der Waals surface area contributed by atoms with Gasteiger partial charge < -0.3 is 14.8 Å². The molecule has 2 aromatic carbocycles. The monoisotopic (exact) mass is 382 g/mol. The molecule has 1 atom stereocenters. The van der Waals surface area contributed by atoms with Gasteiger partial charge in [-0.05, 0) is 44.0 Å². The quantitative estimate of drug-likeness (QED) is 0.876. The van der Waals surface area contributed by atoms with E-state index in [2.05, 4.69) is 5.32 Å². The Morgan fingerprint density at radius 2 is 1.89 bits per heavy atom. The minimum Gasteiger partial charge on any atom is -0.489 e. The Morgan fingerprint density at radius 3 is 2.61 bits per heavy atom. The number of nitrogens with one attached hydrogen (secondary N) is 1. The topological polar surface area (TPSA) is 67.9 Å². The van der Waals surface area contributed by atoms with E-state index in [0.29, 0.717) is 31.0 Å². The number of amides is 2. The first kappa shape index (κ1) is 19.7. The van der Waals surface area contributed by atoms with Crippen molar-refractivity contribution in [3.05, 3.63) is 65.7 Å². The van der Waals surface area contributed by atoms with E-state index < -0.39 is 17.7 Å². The van der Waals surface area contributed by atoms with Crippen molar-refractivity contribution in [1.29, 1.82) is 0 Å². The summed E-state index contributed by atoms with van der Waals surface area (Å²) in [6.07, 6.45) is -0.497. The molecule has 28 heavy (non-hydrogen) atoms. The minimum absolute atomic E-state index is 0.225. The number of ether oxygens (including phenoxy) is 2. The van der Waals surface area contributed by atoms with Gasteiger partial charge in [-0.25, -0.2) is 4.79 Å². The normalized spacial score (nSPS) is 17.0. The van der Waals surface area contributed by atoms with Gasteiger partial charge in [0.25, 0.3) is 0 Å². The summed E-state index contributed by atoms with van der Waals surface area (Å²) in [4.78, 5) is 26.7. The van der Waals surface area contributed by atoms with Gasteiger partial charge in [0.15, 0.2) is 0 Å². The number of hydrogen-bond donors (Lipinski definition) is 1. The van der Waals surface area contributed by atoms with E-state index in [4.69, 9.17) is 9.47 Å². The van der Waals surface area contributed by atoms with Crippen molar-refractivity contribution in [2.45, 2.75) is 39.0 Å². The number of nitrogens with zero attached hydrogens (tertiary/aromatic N) is 1. The summed E-state index contributed by atoms with van der Waals surface area (Å²) in [6.45, 7) is 6.64. The molecule has 1 N–H and O–H groups in total. The van der Waals surface area contributed by atoms with Crippen molar-refractivity contribution in [2.24, 2.45) is 0 Å². The van der Waals surface area contributed by atoms with Gasteiger partial charge in [0, 0.05) is 13.1 Å². The molecule has 6 nitrogen and oxygen atoms in total. The highest BCUT2D eigenvalue weighted by atomic mass is 16.6. The van der Waals surface area contributed by atoms with Crippen molar-refractivity contribution in [3.8, 4) is 5.75 Å². The van der Waals surface area contributed by atoms with Crippen LogP contribution >= 0.6 is 0 Å². The molecule has 0 spiro atoms. The number of piperazine rings is 1. The van der Waals surface area contributed by atoms with Crippen LogP contribution in [-0.2, 0) is 16.1 Å². The first-order valence-corrected chi connectivity index (χ1v) is 9.37. The van der Waals surface area contributed by atoms with Gasteiger partial charge in [-0.2, -0.15) is 0 Å². The molecule has 1 heterocycles. The standard InChI is InChI=1S/C22H26N2O4/c1-22(2,3)28-21(26)24-13-12-23-20(25)19(24)17-10-7-11-18(14-17)27-15-16-8-5-4-6-9-16/h4-11,14,19H,12-13,15H2,1-3H3,(H,23,25). The average molecular weight is 382 g/mol. The molecule has 0 aliphatic carbocycles. The smallest absolute Gasteiger partial charge is 0.411 e. The zero-order valence-electron chi connectivity index (χ0n) is 16.5. The first-order valence-electron chi connectivity index (χ1n) is 9.37. The zero-order chi connectivity index (χ0) is 20.1. The maximum Gasteiger partial charge on any atom is 0.411 e. The Hall–Kier alpha value is -3.02. The van der Waals surface area contributed by atoms with Gasteiger partial charge in [0.1, 0.15) is 24.0 Å². The zero-order valence-corrected chi connectivity index (χ0v) is 16.5. The molecule has 1 fully saturated rings. The van der Waals surface area contributed by atoms with E-state index in [-0.39, 0.29) is 5.91 Å². The largest absolute Gasteiger partial charge is 0.489 e. The second-order valence-electron chi connectivity index (χ2n) is 7.71. The van der Waals surface area contributed by atoms with E-state index in [1.54, 1.807) is 6.07 Å². The maximum absolute atomic E-state index is 12.6. The van der Waals surface area contributed by atoms with Crippen LogP contribution in [0, 0.1) is 0 Å². The highest BCUT2D eigenvalue weighted by Crippen LogP contribution is 2.28. The van der Waals surface area contributed by atoms with Crippen LogP contribution in [0.3, 0.4) is 0 Å². The van der Waals surface area contributed by atoms with Crippen molar-refractivity contribution in [2.75, 3.05) is 13.1 Å². The van der Waals surface area contributed by atoms with E-state index in [9.17, 15) is 9.59 Å². The Bertz CT molecular complexity index is 830. The van der Waals surface area contributed by atoms with Gasteiger partial charge >= 0.3 is 6.09 Å². The Balaban J connectivity index is 1.78. The lowest BCUT2D eigenvalue weighted by atomic mass is 10.0. The van der Waals surface area contributed by atoms with Crippen LogP contribution in [0.2, 0.25) is 0 Å². The second kappa shape index (κ2) is 8.33. The van der Waals surface area contributed by atoms with Crippen LogP contribution in [0.25, 0.3) is 0 Å². The third kappa shape index (κ3) is 5.03. The molecular formula is C22H26N2O4. The molecule has 0 aromatic heterocycles. The fourth-order valence-electron chi connectivity index (χ4n) is 3.03. The summed E-state index contributed by atoms with van der Waals surface area (Å²) in [5.41, 5.74) is 1.11. The fraction of sp³-hybridized carbons (Fsp3) is 0.364. The molecule has 3 rings (SSSR count). The number of benzene rings is 2. The number of hydrogen-bond acceptors (Lipinski definition) is 4. The molecule has 1 saturated heterocycles. The van der Waals surface area contributed by atoms with E-state index in [1.165, 1.54) is 4.90 Å². The van der Waals surface area contributed by atoms with Crippen LogP contribution in [0.15, 0.2) is 54.6 Å². The van der Waals surface area contributed by atoms with Gasteiger partial charge in [-0.15, -0.1) is 0 Å². The summed E-state index contributed by atoms with van der Waals surface area (Å²) < 4.78 is 11.4. The molecule has 1 aliphatic rings. The van der Waals surface area contributed by atoms with Gasteiger partial charge in [0.05, 0.1) is 0 Å². The molecule has 1 unspecified atom stereocenters. The Labute approximate surface area is 165 Å². The molecule has 0 bridgehead atoms. The highest BCUT2D eigenvalue weighted by Gasteiger charge is 2.36. The molecule has 148 valence electrons. The molecule has 6 heteroatoms. The molecular weight excluding hydrogens is 356 g/mol. The van der Waals surface area contributed by atoms with Crippen LogP contribution in [0.5, 0.6) is 5.75 Å². The molecule has 0 radical (unpaired) electrons. The third-order valence-electron chi connectivity index (χ3n) is 4.26. The summed E-state index contributed by atoms with van der Waals surface area (Å²) in [5, 5.41) is 2.83. The van der Waals surface area contributed by atoms with Crippen LogP contribution in [-0.4, -0.2) is 35.6 Å². The Morgan fingerprint density at radius 1 is 1.14 bits per heavy atom. The van der Waals surface area contributed by atoms with Crippen LogP contribution < -0.4 is 10.1 Å². The highest BCUT2D eigenvalue weighted by molar-refractivity contribution is 5.88. The van der Waals surface area contributed by atoms with Crippen molar-refractivity contribution >= 4 is 12.0 Å². The van der Waals surface area contributed by atoms with E-state index >= 15 is 0 Å².